The van der Waals surface area contributed by atoms with E-state index in [0.717, 1.165) is 11.1 Å². The molecule has 118 valence electrons. The van der Waals surface area contributed by atoms with Gasteiger partial charge in [-0.1, -0.05) is 108 Å². The second-order valence-electron chi connectivity index (χ2n) is 5.14. The van der Waals surface area contributed by atoms with Crippen molar-refractivity contribution < 1.29 is 4.74 Å². The minimum atomic E-state index is -1.66. The molecule has 0 amide bonds. The second-order valence-corrected chi connectivity index (χ2v) is 7.42. The number of alkyl halides is 3. The quantitative estimate of drug-likeness (QED) is 0.647. The first kappa shape index (κ1) is 16.4. The van der Waals surface area contributed by atoms with Gasteiger partial charge in [0.05, 0.1) is 0 Å². The van der Waals surface area contributed by atoms with Gasteiger partial charge in [0, 0.05) is 0 Å². The maximum atomic E-state index is 5.93. The highest BCUT2D eigenvalue weighted by atomic mass is 35.6. The van der Waals surface area contributed by atoms with Crippen molar-refractivity contribution in [1.82, 2.24) is 0 Å². The van der Waals surface area contributed by atoms with Gasteiger partial charge < -0.3 is 4.74 Å². The molecule has 5 heteroatoms. The van der Waals surface area contributed by atoms with E-state index in [4.69, 9.17) is 39.5 Å². The van der Waals surface area contributed by atoms with Gasteiger partial charge in [0.15, 0.2) is 6.10 Å². The fraction of sp³-hybridized carbons (Fsp3) is 0.167. The summed E-state index contributed by atoms with van der Waals surface area (Å²) in [6.07, 6.45) is 3.66. The monoisotopic (exact) mass is 365 g/mol. The Bertz CT molecular complexity index is 708. The summed E-state index contributed by atoms with van der Waals surface area (Å²) in [6, 6.07) is 19.5. The summed E-state index contributed by atoms with van der Waals surface area (Å²) < 4.78 is 4.15. The second kappa shape index (κ2) is 6.96. The normalized spacial score (nSPS) is 21.3. The molecule has 0 spiro atoms. The molecule has 2 aromatic rings. The molecule has 0 fully saturated rings. The zero-order valence-electron chi connectivity index (χ0n) is 12.1. The summed E-state index contributed by atoms with van der Waals surface area (Å²) in [7, 11) is 0. The number of benzene rings is 2. The average Bonchev–Trinajstić information content (AvgIpc) is 2.99. The molecule has 0 aliphatic carbocycles. The Hall–Kier alpha value is -1.48. The van der Waals surface area contributed by atoms with Gasteiger partial charge in [0.2, 0.25) is 5.90 Å². The molecule has 0 radical (unpaired) electrons. The van der Waals surface area contributed by atoms with E-state index in [1.165, 1.54) is 0 Å². The Balaban J connectivity index is 1.89. The smallest absolute Gasteiger partial charge is 0.266 e. The van der Waals surface area contributed by atoms with Gasteiger partial charge in [-0.15, -0.1) is 0 Å². The molecule has 3 rings (SSSR count). The van der Waals surface area contributed by atoms with Crippen LogP contribution in [-0.2, 0) is 4.74 Å². The molecule has 0 saturated carbocycles. The van der Waals surface area contributed by atoms with Crippen molar-refractivity contribution in [3.8, 4) is 0 Å². The average molecular weight is 367 g/mol. The highest BCUT2D eigenvalue weighted by Crippen LogP contribution is 2.38. The molecule has 2 aromatic carbocycles. The standard InChI is InChI=1S/C18H14Cl3NO/c19-18(20,21)17-22-15(12-11-13-7-3-1-4-8-13)16(23-17)14-9-5-2-6-10-14/h1-12,15-16H/b12-11+/t15-,16-/m0/s1. The van der Waals surface area contributed by atoms with E-state index in [9.17, 15) is 0 Å². The molecule has 0 bridgehead atoms. The Morgan fingerprint density at radius 3 is 2.13 bits per heavy atom. The third-order valence-corrected chi connectivity index (χ3v) is 3.96. The summed E-state index contributed by atoms with van der Waals surface area (Å²) in [5.41, 5.74) is 2.07. The first-order valence-electron chi connectivity index (χ1n) is 7.14. The maximum absolute atomic E-state index is 5.93. The van der Waals surface area contributed by atoms with E-state index < -0.39 is 3.79 Å². The molecule has 0 N–H and O–H groups in total. The topological polar surface area (TPSA) is 21.6 Å². The van der Waals surface area contributed by atoms with Crippen LogP contribution in [-0.4, -0.2) is 15.7 Å². The van der Waals surface area contributed by atoms with Crippen LogP contribution in [0.4, 0.5) is 0 Å². The lowest BCUT2D eigenvalue weighted by Gasteiger charge is -2.17. The van der Waals surface area contributed by atoms with Gasteiger partial charge in [-0.05, 0) is 11.1 Å². The van der Waals surface area contributed by atoms with Crippen molar-refractivity contribution >= 4 is 46.8 Å². The summed E-state index contributed by atoms with van der Waals surface area (Å²) in [5.74, 6) is 0.124. The number of hydrogen-bond donors (Lipinski definition) is 0. The first-order valence-corrected chi connectivity index (χ1v) is 8.27. The Kier molecular flexibility index (Phi) is 4.96. The molecule has 1 heterocycles. The first-order chi connectivity index (χ1) is 11.0. The number of hydrogen-bond acceptors (Lipinski definition) is 2. The van der Waals surface area contributed by atoms with Gasteiger partial charge in [0.1, 0.15) is 6.04 Å². The molecule has 0 saturated heterocycles. The largest absolute Gasteiger partial charge is 0.467 e. The van der Waals surface area contributed by atoms with Crippen LogP contribution in [0.3, 0.4) is 0 Å². The number of aliphatic imine (C=N–C) groups is 1. The van der Waals surface area contributed by atoms with Gasteiger partial charge >= 0.3 is 0 Å². The summed E-state index contributed by atoms with van der Waals surface area (Å²) in [4.78, 5) is 4.44. The van der Waals surface area contributed by atoms with Crippen molar-refractivity contribution in [1.29, 1.82) is 0 Å². The van der Waals surface area contributed by atoms with E-state index in [0.29, 0.717) is 0 Å². The zero-order chi connectivity index (χ0) is 16.3. The Morgan fingerprint density at radius 1 is 0.913 bits per heavy atom. The lowest BCUT2D eigenvalue weighted by molar-refractivity contribution is 0.207. The van der Waals surface area contributed by atoms with Crippen LogP contribution in [0.5, 0.6) is 0 Å². The minimum absolute atomic E-state index is 0.124. The van der Waals surface area contributed by atoms with Crippen LogP contribution < -0.4 is 0 Å². The Labute approximate surface area is 150 Å². The molecule has 23 heavy (non-hydrogen) atoms. The van der Waals surface area contributed by atoms with Crippen LogP contribution in [0, 0.1) is 0 Å². The van der Waals surface area contributed by atoms with Crippen LogP contribution in [0.25, 0.3) is 6.08 Å². The van der Waals surface area contributed by atoms with Crippen LogP contribution >= 0.6 is 34.8 Å². The van der Waals surface area contributed by atoms with Crippen LogP contribution in [0.2, 0.25) is 0 Å². The van der Waals surface area contributed by atoms with E-state index in [-0.39, 0.29) is 18.0 Å². The molecule has 2 atom stereocenters. The molecule has 0 aromatic heterocycles. The van der Waals surface area contributed by atoms with E-state index in [1.807, 2.05) is 72.8 Å². The van der Waals surface area contributed by atoms with Crippen LogP contribution in [0.15, 0.2) is 71.7 Å². The highest BCUT2D eigenvalue weighted by molar-refractivity contribution is 6.76. The molecule has 0 unspecified atom stereocenters. The summed E-state index contributed by atoms with van der Waals surface area (Å²) in [5, 5.41) is 0. The number of rotatable bonds is 3. The summed E-state index contributed by atoms with van der Waals surface area (Å²) >= 11 is 17.8. The predicted octanol–water partition coefficient (Wildman–Crippen LogP) is 5.61. The maximum Gasteiger partial charge on any atom is 0.266 e. The van der Waals surface area contributed by atoms with E-state index in [1.54, 1.807) is 0 Å². The SMILES string of the molecule is ClC(Cl)(Cl)C1=N[C@@H](/C=C/c2ccccc2)[C@H](c2ccccc2)O1. The van der Waals surface area contributed by atoms with Crippen molar-refractivity contribution in [3.05, 3.63) is 77.9 Å². The number of nitrogens with zero attached hydrogens (tertiary/aromatic N) is 1. The third-order valence-electron chi connectivity index (χ3n) is 3.47. The van der Waals surface area contributed by atoms with Crippen molar-refractivity contribution in [2.45, 2.75) is 15.9 Å². The highest BCUT2D eigenvalue weighted by Gasteiger charge is 2.40. The van der Waals surface area contributed by atoms with Crippen molar-refractivity contribution in [2.24, 2.45) is 4.99 Å². The van der Waals surface area contributed by atoms with Gasteiger partial charge in [-0.25, -0.2) is 4.99 Å². The molecule has 1 aliphatic rings. The fourth-order valence-electron chi connectivity index (χ4n) is 2.39. The summed E-state index contributed by atoms with van der Waals surface area (Å²) in [6.45, 7) is 0. The van der Waals surface area contributed by atoms with Crippen molar-refractivity contribution in [3.63, 3.8) is 0 Å². The van der Waals surface area contributed by atoms with Gasteiger partial charge in [0.25, 0.3) is 3.79 Å². The fourth-order valence-corrected chi connectivity index (χ4v) is 2.67. The molecule has 2 nitrogen and oxygen atoms in total. The van der Waals surface area contributed by atoms with Crippen molar-refractivity contribution in [2.75, 3.05) is 0 Å². The van der Waals surface area contributed by atoms with E-state index in [2.05, 4.69) is 4.99 Å². The number of ether oxygens (including phenoxy) is 1. The Morgan fingerprint density at radius 2 is 1.52 bits per heavy atom. The van der Waals surface area contributed by atoms with Gasteiger partial charge in [-0.3, -0.25) is 0 Å². The minimum Gasteiger partial charge on any atom is -0.467 e. The molecular weight excluding hydrogens is 353 g/mol. The lowest BCUT2D eigenvalue weighted by Crippen LogP contribution is -2.20. The predicted molar refractivity (Wildman–Crippen MR) is 97.3 cm³/mol. The zero-order valence-corrected chi connectivity index (χ0v) is 14.3. The van der Waals surface area contributed by atoms with Crippen LogP contribution in [0.1, 0.15) is 17.2 Å². The molecule has 1 aliphatic heterocycles. The molecular formula is C18H14Cl3NO. The number of halogens is 3. The van der Waals surface area contributed by atoms with Gasteiger partial charge in [-0.2, -0.15) is 0 Å². The third kappa shape index (κ3) is 4.08. The lowest BCUT2D eigenvalue weighted by atomic mass is 10.0. The van der Waals surface area contributed by atoms with E-state index >= 15 is 0 Å².